The number of benzene rings is 5. The smallest absolute Gasteiger partial charge is 0.164 e. The minimum Gasteiger partial charge on any atom is -0.282 e. The number of fused-ring (bicyclic) bond motifs is 9. The second-order valence-electron chi connectivity index (χ2n) is 16.5. The molecule has 0 N–H and O–H groups in total. The average Bonchev–Trinajstić information content (AvgIpc) is 3.40. The molecule has 2 unspecified atom stereocenters. The molecule has 0 radical (unpaired) electrons. The van der Waals surface area contributed by atoms with Crippen LogP contribution >= 0.6 is 0 Å². The minimum absolute atomic E-state index is 0.0743. The molecule has 9 nitrogen and oxygen atoms in total. The summed E-state index contributed by atoms with van der Waals surface area (Å²) < 4.78 is 0. The maximum Gasteiger partial charge on any atom is 0.164 e. The lowest BCUT2D eigenvalue weighted by Gasteiger charge is -2.27. The third-order valence-electron chi connectivity index (χ3n) is 12.6. The molecule has 0 amide bonds. The van der Waals surface area contributed by atoms with Gasteiger partial charge >= 0.3 is 0 Å². The van der Waals surface area contributed by atoms with Gasteiger partial charge in [-0.2, -0.15) is 0 Å². The van der Waals surface area contributed by atoms with Crippen molar-refractivity contribution in [1.29, 1.82) is 0 Å². The number of aliphatic imine (C=N–C) groups is 1. The van der Waals surface area contributed by atoms with E-state index in [0.717, 1.165) is 105 Å². The van der Waals surface area contributed by atoms with E-state index < -0.39 is 0 Å². The fraction of sp³-hybridized carbons (Fsp3) is 0.0351. The molecule has 308 valence electrons. The van der Waals surface area contributed by atoms with E-state index in [0.29, 0.717) is 17.5 Å². The zero-order chi connectivity index (χ0) is 43.6. The number of dihydropyridines is 1. The monoisotopic (exact) mass is 845 g/mol. The lowest BCUT2D eigenvalue weighted by atomic mass is 9.84. The summed E-state index contributed by atoms with van der Waals surface area (Å²) in [6, 6.07) is 51.3. The van der Waals surface area contributed by atoms with E-state index in [1.165, 1.54) is 0 Å². The van der Waals surface area contributed by atoms with Crippen molar-refractivity contribution < 1.29 is 0 Å². The molecule has 0 saturated carbocycles. The SMILES string of the molecule is C1=CC2C=Cc3c(-c4nc(-c5cc(-c6ccccc6)nc6c5ccc5ccncc56)nc(-c5cc(-c6ccccc6)nc6c5ccc5cccnc56)n4)cc(-c4ccccc4)nc3C2N=C1. The summed E-state index contributed by atoms with van der Waals surface area (Å²) in [6.07, 6.45) is 15.9. The van der Waals surface area contributed by atoms with Crippen molar-refractivity contribution in [3.05, 3.63) is 200 Å². The molecule has 66 heavy (non-hydrogen) atoms. The van der Waals surface area contributed by atoms with Crippen molar-refractivity contribution >= 4 is 55.8 Å². The molecule has 7 heterocycles. The molecule has 2 aliphatic rings. The van der Waals surface area contributed by atoms with E-state index in [-0.39, 0.29) is 12.0 Å². The standard InChI is InChI=1S/C57H35N9/c1-4-12-35(13-5-1)47-30-43(40-23-20-34-26-29-58-33-46(34)52(40)61-47)55-64-56(44-31-48(36-14-6-2-7-15-36)62-53-41(44)24-21-38-18-10-27-59-50(38)53)66-57(65-55)45-32-49(37-16-8-3-9-17-37)63-54-42(45)25-22-39-19-11-28-60-51(39)54/h1-33,38,50H. The summed E-state index contributed by atoms with van der Waals surface area (Å²) in [5, 5.41) is 4.74. The molecule has 9 heteroatoms. The Morgan fingerprint density at radius 2 is 1.02 bits per heavy atom. The van der Waals surface area contributed by atoms with Crippen molar-refractivity contribution in [2.24, 2.45) is 10.9 Å². The van der Waals surface area contributed by atoms with Crippen LogP contribution in [0.2, 0.25) is 0 Å². The number of hydrogen-bond donors (Lipinski definition) is 0. The van der Waals surface area contributed by atoms with E-state index >= 15 is 0 Å². The molecule has 1 aliphatic carbocycles. The Morgan fingerprint density at radius 3 is 1.70 bits per heavy atom. The second kappa shape index (κ2) is 15.4. The molecule has 0 saturated heterocycles. The Labute approximate surface area is 378 Å². The molecule has 0 spiro atoms. The van der Waals surface area contributed by atoms with Crippen molar-refractivity contribution in [2.45, 2.75) is 6.04 Å². The number of pyridine rings is 5. The lowest BCUT2D eigenvalue weighted by molar-refractivity contribution is 0.595. The van der Waals surface area contributed by atoms with E-state index in [1.54, 1.807) is 0 Å². The predicted octanol–water partition coefficient (Wildman–Crippen LogP) is 12.8. The van der Waals surface area contributed by atoms with Crippen LogP contribution in [0.15, 0.2) is 193 Å². The van der Waals surface area contributed by atoms with Gasteiger partial charge in [-0.1, -0.05) is 140 Å². The van der Waals surface area contributed by atoms with E-state index in [1.807, 2.05) is 97.6 Å². The maximum atomic E-state index is 5.51. The first-order valence-corrected chi connectivity index (χ1v) is 21.9. The van der Waals surface area contributed by atoms with Gasteiger partial charge in [-0.05, 0) is 41.8 Å². The topological polar surface area (TPSA) is 115 Å². The van der Waals surface area contributed by atoms with Crippen LogP contribution in [-0.2, 0) is 0 Å². The molecule has 0 bridgehead atoms. The van der Waals surface area contributed by atoms with Crippen LogP contribution in [0.25, 0.3) is 117 Å². The highest BCUT2D eigenvalue weighted by Gasteiger charge is 2.31. The van der Waals surface area contributed by atoms with Crippen LogP contribution in [0.3, 0.4) is 0 Å². The number of allylic oxidation sites excluding steroid dienone is 1. The van der Waals surface area contributed by atoms with Crippen LogP contribution < -0.4 is 0 Å². The number of aromatic nitrogens is 8. The first-order valence-electron chi connectivity index (χ1n) is 21.9. The van der Waals surface area contributed by atoms with Gasteiger partial charge < -0.3 is 0 Å². The van der Waals surface area contributed by atoms with Crippen LogP contribution in [0.5, 0.6) is 0 Å². The van der Waals surface area contributed by atoms with E-state index in [4.69, 9.17) is 39.9 Å². The normalized spacial score (nSPS) is 15.1. The van der Waals surface area contributed by atoms with Crippen LogP contribution in [0.4, 0.5) is 0 Å². The highest BCUT2D eigenvalue weighted by atomic mass is 15.0. The molecule has 13 rings (SSSR count). The van der Waals surface area contributed by atoms with Crippen molar-refractivity contribution in [3.8, 4) is 67.9 Å². The fourth-order valence-corrected chi connectivity index (χ4v) is 9.37. The maximum absolute atomic E-state index is 5.51. The van der Waals surface area contributed by atoms with Gasteiger partial charge in [-0.15, -0.1) is 0 Å². The first kappa shape index (κ1) is 37.6. The van der Waals surface area contributed by atoms with Gasteiger partial charge in [-0.25, -0.2) is 29.9 Å². The Kier molecular flexibility index (Phi) is 8.77. The first-order chi connectivity index (χ1) is 32.7. The Bertz CT molecular complexity index is 3650. The lowest BCUT2D eigenvalue weighted by Crippen LogP contribution is -2.17. The van der Waals surface area contributed by atoms with Gasteiger partial charge in [0.1, 0.15) is 6.04 Å². The number of nitrogens with zero attached hydrogens (tertiary/aromatic N) is 9. The van der Waals surface area contributed by atoms with Gasteiger partial charge in [0.05, 0.1) is 39.3 Å². The van der Waals surface area contributed by atoms with Crippen LogP contribution in [0.1, 0.15) is 17.3 Å². The van der Waals surface area contributed by atoms with Crippen molar-refractivity contribution in [3.63, 3.8) is 0 Å². The Balaban J connectivity index is 1.15. The van der Waals surface area contributed by atoms with Gasteiger partial charge in [0.15, 0.2) is 17.5 Å². The zero-order valence-electron chi connectivity index (χ0n) is 35.2. The summed E-state index contributed by atoms with van der Waals surface area (Å²) in [4.78, 5) is 46.9. The summed E-state index contributed by atoms with van der Waals surface area (Å²) in [5.74, 6) is 1.57. The molecule has 11 aromatic rings. The summed E-state index contributed by atoms with van der Waals surface area (Å²) >= 11 is 0. The van der Waals surface area contributed by atoms with E-state index in [2.05, 4.69) is 108 Å². The molecular formula is C57H35N9. The zero-order valence-corrected chi connectivity index (χ0v) is 35.2. The van der Waals surface area contributed by atoms with Crippen molar-refractivity contribution in [2.75, 3.05) is 0 Å². The average molecular weight is 846 g/mol. The van der Waals surface area contributed by atoms with Gasteiger partial charge in [0, 0.05) is 91.2 Å². The van der Waals surface area contributed by atoms with Gasteiger partial charge in [-0.3, -0.25) is 15.0 Å². The molecule has 0 fully saturated rings. The molecule has 2 atom stereocenters. The summed E-state index contributed by atoms with van der Waals surface area (Å²) in [6.45, 7) is 0. The Morgan fingerprint density at radius 1 is 0.424 bits per heavy atom. The Hall–Kier alpha value is -8.95. The quantitative estimate of drug-likeness (QED) is 0.152. The minimum atomic E-state index is -0.198. The van der Waals surface area contributed by atoms with Crippen LogP contribution in [0, 0.1) is 5.92 Å². The molecule has 6 aromatic heterocycles. The van der Waals surface area contributed by atoms with Gasteiger partial charge in [0.2, 0.25) is 0 Å². The fourth-order valence-electron chi connectivity index (χ4n) is 9.37. The summed E-state index contributed by atoms with van der Waals surface area (Å²) in [5.41, 5.74) is 11.9. The van der Waals surface area contributed by atoms with Crippen LogP contribution in [-0.4, -0.2) is 46.1 Å². The largest absolute Gasteiger partial charge is 0.282 e. The van der Waals surface area contributed by atoms with E-state index in [9.17, 15) is 0 Å². The van der Waals surface area contributed by atoms with Gasteiger partial charge in [0.25, 0.3) is 0 Å². The highest BCUT2D eigenvalue weighted by molar-refractivity contribution is 6.11. The number of hydrogen-bond acceptors (Lipinski definition) is 9. The third kappa shape index (κ3) is 6.36. The third-order valence-corrected chi connectivity index (χ3v) is 12.6. The molecule has 1 aliphatic heterocycles. The summed E-state index contributed by atoms with van der Waals surface area (Å²) in [7, 11) is 0. The number of rotatable bonds is 6. The highest BCUT2D eigenvalue weighted by Crippen LogP contribution is 2.43. The second-order valence-corrected chi connectivity index (χ2v) is 16.5. The molecule has 5 aromatic carbocycles. The predicted molar refractivity (Wildman–Crippen MR) is 264 cm³/mol. The van der Waals surface area contributed by atoms with Crippen molar-refractivity contribution in [1.82, 2.24) is 39.9 Å². The molecular weight excluding hydrogens is 811 g/mol.